The molecule has 1 aliphatic rings. The van der Waals surface area contributed by atoms with E-state index in [1.165, 1.54) is 11.1 Å². The molecule has 0 bridgehead atoms. The molecule has 0 aromatic heterocycles. The summed E-state index contributed by atoms with van der Waals surface area (Å²) in [5.74, 6) is 0. The molecule has 1 heterocycles. The van der Waals surface area contributed by atoms with Crippen LogP contribution in [0.4, 0.5) is 0 Å². The maximum absolute atomic E-state index is 2.31. The normalized spacial score (nSPS) is 13.9. The molecule has 11 heavy (non-hydrogen) atoms. The summed E-state index contributed by atoms with van der Waals surface area (Å²) in [6, 6.07) is 6.53. The Hall–Kier alpha value is -0.440. The van der Waals surface area contributed by atoms with E-state index >= 15 is 0 Å². The molecule has 0 N–H and O–H groups in total. The highest BCUT2D eigenvalue weighted by molar-refractivity contribution is 14.2. The van der Waals surface area contributed by atoms with Crippen molar-refractivity contribution >= 4 is 30.8 Å². The van der Waals surface area contributed by atoms with Crippen molar-refractivity contribution in [3.05, 3.63) is 39.0 Å². The Morgan fingerprint density at radius 3 is 3.00 bits per heavy atom. The molecular formula is C10H9I. The van der Waals surface area contributed by atoms with E-state index in [0.29, 0.717) is 0 Å². The first-order chi connectivity index (χ1) is 5.38. The second kappa shape index (κ2) is 2.89. The van der Waals surface area contributed by atoms with Crippen molar-refractivity contribution in [2.45, 2.75) is 6.92 Å². The Morgan fingerprint density at radius 2 is 2.18 bits per heavy atom. The van der Waals surface area contributed by atoms with E-state index in [9.17, 15) is 0 Å². The largest absolute Gasteiger partial charge is 0.0847 e. The average molecular weight is 256 g/mol. The second-order valence-electron chi connectivity index (χ2n) is 2.57. The van der Waals surface area contributed by atoms with Gasteiger partial charge in [0.25, 0.3) is 0 Å². The summed E-state index contributed by atoms with van der Waals surface area (Å²) in [5.41, 5.74) is 2.89. The van der Waals surface area contributed by atoms with Gasteiger partial charge in [0.1, 0.15) is 0 Å². The Labute approximate surface area is 76.7 Å². The SMILES string of the molecule is Cc1cccc2c1I=CC=C2. The molecule has 1 aromatic carbocycles. The quantitative estimate of drug-likeness (QED) is 0.626. The summed E-state index contributed by atoms with van der Waals surface area (Å²) >= 11 is 0.161. The topological polar surface area (TPSA) is 0 Å². The Bertz CT molecular complexity index is 335. The Morgan fingerprint density at radius 1 is 1.27 bits per heavy atom. The number of benzene rings is 1. The third-order valence-electron chi connectivity index (χ3n) is 1.74. The molecule has 0 amide bonds. The zero-order chi connectivity index (χ0) is 7.68. The van der Waals surface area contributed by atoms with Crippen LogP contribution in [0.25, 0.3) is 6.08 Å². The lowest BCUT2D eigenvalue weighted by atomic mass is 10.1. The number of hydrogen-bond acceptors (Lipinski definition) is 0. The number of fused-ring (bicyclic) bond motifs is 1. The van der Waals surface area contributed by atoms with Gasteiger partial charge in [-0.3, -0.25) is 0 Å². The minimum absolute atomic E-state index is 0.161. The van der Waals surface area contributed by atoms with Crippen molar-refractivity contribution in [2.24, 2.45) is 0 Å². The van der Waals surface area contributed by atoms with Gasteiger partial charge in [-0.05, 0) is 22.1 Å². The first kappa shape index (κ1) is 7.22. The van der Waals surface area contributed by atoms with E-state index in [1.54, 1.807) is 3.57 Å². The molecule has 1 aromatic rings. The lowest BCUT2D eigenvalue weighted by Gasteiger charge is -2.06. The van der Waals surface area contributed by atoms with Crippen LogP contribution in [0.1, 0.15) is 11.1 Å². The third kappa shape index (κ3) is 1.29. The number of rotatable bonds is 0. The number of aryl methyl sites for hydroxylation is 1. The lowest BCUT2D eigenvalue weighted by molar-refractivity contribution is 1.41. The van der Waals surface area contributed by atoms with Crippen LogP contribution in [-0.4, -0.2) is 4.01 Å². The van der Waals surface area contributed by atoms with E-state index < -0.39 is 0 Å². The van der Waals surface area contributed by atoms with E-state index in [-0.39, 0.29) is 20.7 Å². The predicted octanol–water partition coefficient (Wildman–Crippen LogP) is 2.96. The highest BCUT2D eigenvalue weighted by atomic mass is 127. The second-order valence-corrected chi connectivity index (χ2v) is 4.99. The monoisotopic (exact) mass is 256 g/mol. The van der Waals surface area contributed by atoms with Crippen LogP contribution in [0, 0.1) is 10.5 Å². The van der Waals surface area contributed by atoms with Crippen LogP contribution < -0.4 is 0 Å². The fourth-order valence-electron chi connectivity index (χ4n) is 1.19. The fourth-order valence-corrected chi connectivity index (χ4v) is 3.35. The molecule has 0 aliphatic carbocycles. The van der Waals surface area contributed by atoms with Crippen molar-refractivity contribution in [2.75, 3.05) is 0 Å². The minimum atomic E-state index is 0.161. The maximum Gasteiger partial charge on any atom is 0.0179 e. The van der Waals surface area contributed by atoms with Crippen LogP contribution in [0.15, 0.2) is 24.3 Å². The Kier molecular flexibility index (Phi) is 1.90. The van der Waals surface area contributed by atoms with Crippen molar-refractivity contribution in [1.82, 2.24) is 0 Å². The van der Waals surface area contributed by atoms with Crippen molar-refractivity contribution < 1.29 is 0 Å². The fraction of sp³-hybridized carbons (Fsp3) is 0.100. The van der Waals surface area contributed by atoms with Gasteiger partial charge in [0.2, 0.25) is 0 Å². The van der Waals surface area contributed by atoms with Gasteiger partial charge in [0, 0.05) is 3.57 Å². The predicted molar refractivity (Wildman–Crippen MR) is 59.0 cm³/mol. The number of halogens is 1. The molecule has 0 fully saturated rings. The zero-order valence-corrected chi connectivity index (χ0v) is 8.50. The van der Waals surface area contributed by atoms with E-state index in [0.717, 1.165) is 0 Å². The van der Waals surface area contributed by atoms with E-state index in [4.69, 9.17) is 0 Å². The van der Waals surface area contributed by atoms with Crippen LogP contribution in [0.3, 0.4) is 0 Å². The van der Waals surface area contributed by atoms with Crippen LogP contribution in [-0.2, 0) is 0 Å². The average Bonchev–Trinajstić information content (AvgIpc) is 2.06. The number of hydrogen-bond donors (Lipinski definition) is 0. The molecule has 0 nitrogen and oxygen atoms in total. The van der Waals surface area contributed by atoms with Gasteiger partial charge in [-0.15, -0.1) is 0 Å². The summed E-state index contributed by atoms with van der Waals surface area (Å²) < 4.78 is 3.91. The standard InChI is InChI=1S/C10H9I/c1-8-4-2-5-9-6-3-7-11-10(8)9/h2-7H,1H3. The molecule has 2 rings (SSSR count). The summed E-state index contributed by atoms with van der Waals surface area (Å²) in [6.45, 7) is 2.20. The summed E-state index contributed by atoms with van der Waals surface area (Å²) in [7, 11) is 0. The first-order valence-corrected chi connectivity index (χ1v) is 5.93. The van der Waals surface area contributed by atoms with Gasteiger partial charge in [0.05, 0.1) is 0 Å². The molecule has 0 saturated heterocycles. The van der Waals surface area contributed by atoms with E-state index in [2.05, 4.69) is 41.3 Å². The van der Waals surface area contributed by atoms with Gasteiger partial charge < -0.3 is 0 Å². The van der Waals surface area contributed by atoms with Crippen molar-refractivity contribution in [3.63, 3.8) is 0 Å². The van der Waals surface area contributed by atoms with Crippen LogP contribution in [0.2, 0.25) is 0 Å². The van der Waals surface area contributed by atoms with Crippen molar-refractivity contribution in [3.8, 4) is 0 Å². The van der Waals surface area contributed by atoms with Gasteiger partial charge in [-0.2, -0.15) is 0 Å². The number of allylic oxidation sites excluding steroid dienone is 1. The van der Waals surface area contributed by atoms with Crippen LogP contribution >= 0.6 is 20.7 Å². The Balaban J connectivity index is 2.70. The molecule has 1 heteroatoms. The minimum Gasteiger partial charge on any atom is -0.0847 e. The molecule has 0 unspecified atom stereocenters. The molecule has 0 saturated carbocycles. The first-order valence-electron chi connectivity index (χ1n) is 3.61. The van der Waals surface area contributed by atoms with Gasteiger partial charge in [-0.25, -0.2) is 0 Å². The molecule has 0 spiro atoms. The third-order valence-corrected chi connectivity index (χ3v) is 4.61. The molecular weight excluding hydrogens is 247 g/mol. The summed E-state index contributed by atoms with van der Waals surface area (Å²) in [5, 5.41) is 0. The molecule has 0 radical (unpaired) electrons. The highest BCUT2D eigenvalue weighted by Crippen LogP contribution is 2.24. The van der Waals surface area contributed by atoms with Crippen molar-refractivity contribution in [1.29, 1.82) is 0 Å². The van der Waals surface area contributed by atoms with Gasteiger partial charge >= 0.3 is 0 Å². The molecule has 0 atom stereocenters. The summed E-state index contributed by atoms with van der Waals surface area (Å²) in [4.78, 5) is 0. The maximum atomic E-state index is 2.31. The van der Waals surface area contributed by atoms with E-state index in [1.807, 2.05) is 0 Å². The van der Waals surface area contributed by atoms with Gasteiger partial charge in [0.15, 0.2) is 0 Å². The zero-order valence-electron chi connectivity index (χ0n) is 6.34. The molecule has 1 aliphatic heterocycles. The van der Waals surface area contributed by atoms with Crippen LogP contribution in [0.5, 0.6) is 0 Å². The lowest BCUT2D eigenvalue weighted by Crippen LogP contribution is -1.88. The summed E-state index contributed by atoms with van der Waals surface area (Å²) in [6.07, 6.45) is 4.38. The smallest absolute Gasteiger partial charge is 0.0179 e. The highest BCUT2D eigenvalue weighted by Gasteiger charge is 2.01. The van der Waals surface area contributed by atoms with Gasteiger partial charge in [-0.1, -0.05) is 51.1 Å². The molecule has 56 valence electrons.